The summed E-state index contributed by atoms with van der Waals surface area (Å²) in [6.45, 7) is 0. The van der Waals surface area contributed by atoms with Crippen molar-refractivity contribution in [3.05, 3.63) is 62.6 Å². The Morgan fingerprint density at radius 3 is 2.40 bits per heavy atom. The zero-order chi connectivity index (χ0) is 14.3. The van der Waals surface area contributed by atoms with Crippen molar-refractivity contribution in [2.45, 2.75) is 0 Å². The first-order valence-electron chi connectivity index (χ1n) is 5.83. The summed E-state index contributed by atoms with van der Waals surface area (Å²) < 4.78 is 0. The van der Waals surface area contributed by atoms with Crippen molar-refractivity contribution in [3.8, 4) is 0 Å². The van der Waals surface area contributed by atoms with Crippen molar-refractivity contribution in [1.82, 2.24) is 0 Å². The highest BCUT2D eigenvalue weighted by molar-refractivity contribution is 6.40. The van der Waals surface area contributed by atoms with Gasteiger partial charge >= 0.3 is 0 Å². The van der Waals surface area contributed by atoms with Crippen LogP contribution in [-0.4, -0.2) is 5.91 Å². The zero-order valence-electron chi connectivity index (χ0n) is 10.1. The summed E-state index contributed by atoms with van der Waals surface area (Å²) in [4.78, 5) is 12.1. The molecule has 5 heteroatoms. The van der Waals surface area contributed by atoms with Crippen molar-refractivity contribution in [2.24, 2.45) is 0 Å². The van der Waals surface area contributed by atoms with Gasteiger partial charge in [-0.2, -0.15) is 0 Å². The van der Waals surface area contributed by atoms with Gasteiger partial charge in [0, 0.05) is 37.5 Å². The van der Waals surface area contributed by atoms with Gasteiger partial charge in [-0.1, -0.05) is 40.9 Å². The van der Waals surface area contributed by atoms with Crippen LogP contribution in [0.4, 0.5) is 5.69 Å². The van der Waals surface area contributed by atoms with E-state index in [1.54, 1.807) is 42.5 Å². The Labute approximate surface area is 131 Å². The molecule has 1 heterocycles. The maximum absolute atomic E-state index is 12.1. The van der Waals surface area contributed by atoms with Crippen LogP contribution in [0.25, 0.3) is 11.6 Å². The Kier molecular flexibility index (Phi) is 3.47. The second-order valence-electron chi connectivity index (χ2n) is 4.34. The van der Waals surface area contributed by atoms with Crippen molar-refractivity contribution in [1.29, 1.82) is 0 Å². The molecular weight excluding hydrogens is 317 g/mol. The maximum atomic E-state index is 12.1. The fourth-order valence-corrected chi connectivity index (χ4v) is 2.78. The van der Waals surface area contributed by atoms with Gasteiger partial charge in [-0.25, -0.2) is 0 Å². The van der Waals surface area contributed by atoms with Crippen LogP contribution in [0, 0.1) is 0 Å². The molecule has 0 bridgehead atoms. The van der Waals surface area contributed by atoms with Gasteiger partial charge in [0.05, 0.1) is 0 Å². The fourth-order valence-electron chi connectivity index (χ4n) is 2.10. The average molecular weight is 325 g/mol. The first-order valence-corrected chi connectivity index (χ1v) is 6.96. The molecule has 0 saturated carbocycles. The smallest absolute Gasteiger partial charge is 0.256 e. The molecule has 0 spiro atoms. The maximum Gasteiger partial charge on any atom is 0.256 e. The monoisotopic (exact) mass is 323 g/mol. The molecule has 0 unspecified atom stereocenters. The molecule has 0 atom stereocenters. The van der Waals surface area contributed by atoms with Crippen LogP contribution >= 0.6 is 34.8 Å². The third-order valence-corrected chi connectivity index (χ3v) is 3.95. The fraction of sp³-hybridized carbons (Fsp3) is 0. The third-order valence-electron chi connectivity index (χ3n) is 3.05. The molecule has 0 saturated heterocycles. The SMILES string of the molecule is O=C1Nc2ccc(Cl)cc2/C1=C/c1c(Cl)cccc1Cl. The molecular formula is C15H8Cl3NO. The number of anilines is 1. The third kappa shape index (κ3) is 2.31. The van der Waals surface area contributed by atoms with Crippen LogP contribution in [0.2, 0.25) is 15.1 Å². The number of carbonyl (C=O) groups is 1. The number of nitrogens with one attached hydrogen (secondary N) is 1. The highest BCUT2D eigenvalue weighted by Crippen LogP contribution is 2.37. The molecule has 0 aromatic heterocycles. The largest absolute Gasteiger partial charge is 0.321 e. The quantitative estimate of drug-likeness (QED) is 0.723. The van der Waals surface area contributed by atoms with Gasteiger partial charge in [0.2, 0.25) is 0 Å². The van der Waals surface area contributed by atoms with Crippen LogP contribution in [0.15, 0.2) is 36.4 Å². The molecule has 2 aromatic carbocycles. The van der Waals surface area contributed by atoms with E-state index in [1.807, 2.05) is 0 Å². The molecule has 2 aromatic rings. The van der Waals surface area contributed by atoms with Gasteiger partial charge in [-0.3, -0.25) is 4.79 Å². The number of fused-ring (bicyclic) bond motifs is 1. The van der Waals surface area contributed by atoms with Gasteiger partial charge in [0.1, 0.15) is 0 Å². The minimum Gasteiger partial charge on any atom is -0.321 e. The summed E-state index contributed by atoms with van der Waals surface area (Å²) >= 11 is 18.2. The van der Waals surface area contributed by atoms with Crippen LogP contribution in [0.3, 0.4) is 0 Å². The molecule has 0 radical (unpaired) electrons. The molecule has 0 fully saturated rings. The lowest BCUT2D eigenvalue weighted by molar-refractivity contribution is -0.110. The summed E-state index contributed by atoms with van der Waals surface area (Å²) in [6.07, 6.45) is 1.68. The van der Waals surface area contributed by atoms with Gasteiger partial charge in [-0.15, -0.1) is 0 Å². The molecule has 1 N–H and O–H groups in total. The van der Waals surface area contributed by atoms with Crippen molar-refractivity contribution in [3.63, 3.8) is 0 Å². The summed E-state index contributed by atoms with van der Waals surface area (Å²) in [5.41, 5.74) is 2.60. The highest BCUT2D eigenvalue weighted by atomic mass is 35.5. The van der Waals surface area contributed by atoms with Crippen LogP contribution in [0.1, 0.15) is 11.1 Å². The minimum absolute atomic E-state index is 0.196. The van der Waals surface area contributed by atoms with Crippen molar-refractivity contribution in [2.75, 3.05) is 5.32 Å². The second kappa shape index (κ2) is 5.13. The molecule has 0 aliphatic carbocycles. The Bertz CT molecular complexity index is 733. The Morgan fingerprint density at radius 1 is 1.00 bits per heavy atom. The van der Waals surface area contributed by atoms with Gasteiger partial charge in [0.15, 0.2) is 0 Å². The lowest BCUT2D eigenvalue weighted by Gasteiger charge is -2.03. The van der Waals surface area contributed by atoms with Gasteiger partial charge < -0.3 is 5.32 Å². The first-order chi connectivity index (χ1) is 9.56. The molecule has 1 aliphatic heterocycles. The molecule has 100 valence electrons. The molecule has 20 heavy (non-hydrogen) atoms. The van der Waals surface area contributed by atoms with E-state index in [0.29, 0.717) is 26.2 Å². The standard InChI is InChI=1S/C15H8Cl3NO/c16-8-4-5-14-9(6-8)10(15(20)19-14)7-11-12(17)2-1-3-13(11)18/h1-7H,(H,19,20)/b10-7-. The Balaban J connectivity index is 2.18. The number of amides is 1. The molecule has 1 aliphatic rings. The van der Waals surface area contributed by atoms with E-state index in [4.69, 9.17) is 34.8 Å². The van der Waals surface area contributed by atoms with E-state index in [9.17, 15) is 4.79 Å². The molecule has 2 nitrogen and oxygen atoms in total. The van der Waals surface area contributed by atoms with Gasteiger partial charge in [-0.05, 0) is 36.4 Å². The Hall–Kier alpha value is -1.48. The molecule has 1 amide bonds. The van der Waals surface area contributed by atoms with E-state index in [2.05, 4.69) is 5.32 Å². The second-order valence-corrected chi connectivity index (χ2v) is 5.59. The summed E-state index contributed by atoms with van der Waals surface area (Å²) in [6, 6.07) is 10.4. The zero-order valence-corrected chi connectivity index (χ0v) is 12.4. The van der Waals surface area contributed by atoms with Gasteiger partial charge in [0.25, 0.3) is 5.91 Å². The van der Waals surface area contributed by atoms with E-state index in [0.717, 1.165) is 11.3 Å². The lowest BCUT2D eigenvalue weighted by Crippen LogP contribution is -2.03. The number of hydrogen-bond donors (Lipinski definition) is 1. The molecule has 3 rings (SSSR count). The number of hydrogen-bond acceptors (Lipinski definition) is 1. The average Bonchev–Trinajstić information content (AvgIpc) is 2.70. The normalized spacial score (nSPS) is 15.3. The predicted octanol–water partition coefficient (Wildman–Crippen LogP) is 5.14. The number of carbonyl (C=O) groups excluding carboxylic acids is 1. The van der Waals surface area contributed by atoms with E-state index < -0.39 is 0 Å². The van der Waals surface area contributed by atoms with Crippen molar-refractivity contribution >= 4 is 58.0 Å². The number of benzene rings is 2. The minimum atomic E-state index is -0.196. The highest BCUT2D eigenvalue weighted by Gasteiger charge is 2.24. The van der Waals surface area contributed by atoms with Crippen LogP contribution in [-0.2, 0) is 4.79 Å². The summed E-state index contributed by atoms with van der Waals surface area (Å²) in [7, 11) is 0. The van der Waals surface area contributed by atoms with E-state index in [-0.39, 0.29) is 5.91 Å². The topological polar surface area (TPSA) is 29.1 Å². The first kappa shape index (κ1) is 13.5. The summed E-state index contributed by atoms with van der Waals surface area (Å²) in [5, 5.41) is 4.34. The number of halogens is 3. The van der Waals surface area contributed by atoms with E-state index in [1.165, 1.54) is 0 Å². The van der Waals surface area contributed by atoms with Crippen LogP contribution in [0.5, 0.6) is 0 Å². The van der Waals surface area contributed by atoms with E-state index >= 15 is 0 Å². The lowest BCUT2D eigenvalue weighted by atomic mass is 10.0. The summed E-state index contributed by atoms with van der Waals surface area (Å²) in [5.74, 6) is -0.196. The number of rotatable bonds is 1. The van der Waals surface area contributed by atoms with Crippen LogP contribution < -0.4 is 5.32 Å². The predicted molar refractivity (Wildman–Crippen MR) is 84.4 cm³/mol. The Morgan fingerprint density at radius 2 is 1.70 bits per heavy atom. The van der Waals surface area contributed by atoms with Crippen molar-refractivity contribution < 1.29 is 4.79 Å².